The molecule has 3 rings (SSSR count). The number of rotatable bonds is 4. The fourth-order valence-electron chi connectivity index (χ4n) is 3.44. The lowest BCUT2D eigenvalue weighted by molar-refractivity contribution is -0.134. The average Bonchev–Trinajstić information content (AvgIpc) is 2.74. The largest absolute Gasteiger partial charge is 0.341 e. The van der Waals surface area contributed by atoms with Crippen molar-refractivity contribution >= 4 is 17.7 Å². The molecule has 6 nitrogen and oxygen atoms in total. The van der Waals surface area contributed by atoms with Gasteiger partial charge in [0.25, 0.3) is 11.8 Å². The molecule has 7 heteroatoms. The first kappa shape index (κ1) is 21.5. The molecule has 1 N–H and O–H groups in total. The van der Waals surface area contributed by atoms with Crippen LogP contribution in [0.3, 0.4) is 0 Å². The van der Waals surface area contributed by atoms with E-state index < -0.39 is 11.9 Å². The van der Waals surface area contributed by atoms with Crippen LogP contribution in [-0.4, -0.2) is 59.7 Å². The third-order valence-corrected chi connectivity index (χ3v) is 5.30. The highest BCUT2D eigenvalue weighted by Gasteiger charge is 2.28. The predicted octanol–water partition coefficient (Wildman–Crippen LogP) is 2.55. The van der Waals surface area contributed by atoms with Crippen LogP contribution in [0.4, 0.5) is 4.39 Å². The molecule has 0 bridgehead atoms. The predicted molar refractivity (Wildman–Crippen MR) is 112 cm³/mol. The molecule has 1 saturated heterocycles. The fraction of sp³-hybridized carbons (Fsp3) is 0.348. The number of halogens is 1. The van der Waals surface area contributed by atoms with E-state index in [-0.39, 0.29) is 17.7 Å². The third kappa shape index (κ3) is 4.84. The highest BCUT2D eigenvalue weighted by molar-refractivity contribution is 5.97. The van der Waals surface area contributed by atoms with Gasteiger partial charge < -0.3 is 15.1 Å². The van der Waals surface area contributed by atoms with Gasteiger partial charge in [0.2, 0.25) is 5.91 Å². The SMILES string of the molecule is Cc1cccc(C(=O)NC(C)C(=O)N2CCN(C(=O)c3ccc(C)c(F)c3)CC2)c1. The van der Waals surface area contributed by atoms with Crippen LogP contribution in [-0.2, 0) is 4.79 Å². The summed E-state index contributed by atoms with van der Waals surface area (Å²) in [6.45, 7) is 6.65. The van der Waals surface area contributed by atoms with Gasteiger partial charge in [-0.25, -0.2) is 4.39 Å². The molecule has 1 aliphatic rings. The van der Waals surface area contributed by atoms with E-state index in [0.717, 1.165) is 5.56 Å². The minimum atomic E-state index is -0.675. The molecule has 1 unspecified atom stereocenters. The van der Waals surface area contributed by atoms with Gasteiger partial charge in [-0.3, -0.25) is 14.4 Å². The van der Waals surface area contributed by atoms with Crippen molar-refractivity contribution in [3.8, 4) is 0 Å². The van der Waals surface area contributed by atoms with Crippen molar-refractivity contribution in [2.24, 2.45) is 0 Å². The van der Waals surface area contributed by atoms with Crippen LogP contribution in [0.5, 0.6) is 0 Å². The summed E-state index contributed by atoms with van der Waals surface area (Å²) in [6, 6.07) is 10.9. The van der Waals surface area contributed by atoms with Crippen LogP contribution in [0, 0.1) is 19.7 Å². The first-order valence-electron chi connectivity index (χ1n) is 9.98. The smallest absolute Gasteiger partial charge is 0.254 e. The van der Waals surface area contributed by atoms with Crippen LogP contribution < -0.4 is 5.32 Å². The van der Waals surface area contributed by atoms with Gasteiger partial charge in [-0.1, -0.05) is 23.8 Å². The summed E-state index contributed by atoms with van der Waals surface area (Å²) >= 11 is 0. The van der Waals surface area contributed by atoms with Crippen molar-refractivity contribution in [3.05, 3.63) is 70.5 Å². The second-order valence-corrected chi connectivity index (χ2v) is 7.65. The molecular formula is C23H26FN3O3. The normalized spacial score (nSPS) is 14.9. The van der Waals surface area contributed by atoms with E-state index in [4.69, 9.17) is 0 Å². The summed E-state index contributed by atoms with van der Waals surface area (Å²) in [5.74, 6) is -1.14. The van der Waals surface area contributed by atoms with Crippen LogP contribution in [0.1, 0.15) is 38.8 Å². The molecule has 0 saturated carbocycles. The number of carbonyl (C=O) groups is 3. The zero-order valence-corrected chi connectivity index (χ0v) is 17.4. The lowest BCUT2D eigenvalue weighted by Gasteiger charge is -2.36. The molecule has 158 valence electrons. The molecule has 1 heterocycles. The minimum absolute atomic E-state index is 0.190. The van der Waals surface area contributed by atoms with E-state index >= 15 is 0 Å². The number of nitrogens with zero attached hydrogens (tertiary/aromatic N) is 2. The summed E-state index contributed by atoms with van der Waals surface area (Å²) in [6.07, 6.45) is 0. The number of benzene rings is 2. The first-order valence-corrected chi connectivity index (χ1v) is 9.98. The zero-order chi connectivity index (χ0) is 21.8. The number of piperazine rings is 1. The molecule has 0 radical (unpaired) electrons. The molecule has 1 atom stereocenters. The monoisotopic (exact) mass is 411 g/mol. The lowest BCUT2D eigenvalue weighted by Crippen LogP contribution is -2.55. The quantitative estimate of drug-likeness (QED) is 0.841. The Labute approximate surface area is 175 Å². The molecule has 0 aromatic heterocycles. The Hall–Kier alpha value is -3.22. The number of carbonyl (C=O) groups excluding carboxylic acids is 3. The van der Waals surface area contributed by atoms with Crippen molar-refractivity contribution in [2.75, 3.05) is 26.2 Å². The molecule has 0 aliphatic carbocycles. The summed E-state index contributed by atoms with van der Waals surface area (Å²) in [5, 5.41) is 2.74. The molecule has 2 aromatic rings. The second-order valence-electron chi connectivity index (χ2n) is 7.65. The number of hydrogen-bond donors (Lipinski definition) is 1. The van der Waals surface area contributed by atoms with Gasteiger partial charge in [-0.2, -0.15) is 0 Å². The zero-order valence-electron chi connectivity index (χ0n) is 17.4. The highest BCUT2D eigenvalue weighted by atomic mass is 19.1. The van der Waals surface area contributed by atoms with E-state index in [0.29, 0.717) is 42.9 Å². The molecular weight excluding hydrogens is 385 g/mol. The number of hydrogen-bond acceptors (Lipinski definition) is 3. The maximum atomic E-state index is 13.8. The Bertz CT molecular complexity index is 968. The summed E-state index contributed by atoms with van der Waals surface area (Å²) in [4.78, 5) is 41.0. The Morgan fingerprint density at radius 2 is 1.60 bits per heavy atom. The van der Waals surface area contributed by atoms with E-state index in [9.17, 15) is 18.8 Å². The molecule has 1 fully saturated rings. The van der Waals surface area contributed by atoms with Gasteiger partial charge in [0.05, 0.1) is 0 Å². The van der Waals surface area contributed by atoms with Crippen LogP contribution in [0.2, 0.25) is 0 Å². The fourth-order valence-corrected chi connectivity index (χ4v) is 3.44. The van der Waals surface area contributed by atoms with Crippen molar-refractivity contribution in [1.29, 1.82) is 0 Å². The molecule has 3 amide bonds. The molecule has 0 spiro atoms. The van der Waals surface area contributed by atoms with Gasteiger partial charge in [0, 0.05) is 37.3 Å². The third-order valence-electron chi connectivity index (χ3n) is 5.30. The molecule has 1 aliphatic heterocycles. The Kier molecular flexibility index (Phi) is 6.50. The maximum absolute atomic E-state index is 13.8. The topological polar surface area (TPSA) is 69.7 Å². The summed E-state index contributed by atoms with van der Waals surface area (Å²) in [5.41, 5.74) is 2.27. The van der Waals surface area contributed by atoms with Gasteiger partial charge in [-0.15, -0.1) is 0 Å². The van der Waals surface area contributed by atoms with Crippen LogP contribution in [0.15, 0.2) is 42.5 Å². The molecule has 30 heavy (non-hydrogen) atoms. The standard InChI is InChI=1S/C23H26FN3O3/c1-15-5-4-6-18(13-15)21(28)25-17(3)22(29)26-9-11-27(12-10-26)23(30)19-8-7-16(2)20(24)14-19/h4-8,13-14,17H,9-12H2,1-3H3,(H,25,28). The number of aryl methyl sites for hydroxylation is 2. The Morgan fingerprint density at radius 3 is 2.23 bits per heavy atom. The van der Waals surface area contributed by atoms with E-state index in [1.165, 1.54) is 6.07 Å². The van der Waals surface area contributed by atoms with Crippen LogP contribution >= 0.6 is 0 Å². The van der Waals surface area contributed by atoms with Crippen LogP contribution in [0.25, 0.3) is 0 Å². The van der Waals surface area contributed by atoms with Crippen molar-refractivity contribution in [2.45, 2.75) is 26.8 Å². The first-order chi connectivity index (χ1) is 14.3. The molecule has 2 aromatic carbocycles. The number of amides is 3. The number of nitrogens with one attached hydrogen (secondary N) is 1. The van der Waals surface area contributed by atoms with E-state index in [1.807, 2.05) is 13.0 Å². The summed E-state index contributed by atoms with van der Waals surface area (Å²) in [7, 11) is 0. The van der Waals surface area contributed by atoms with E-state index in [1.54, 1.807) is 54.0 Å². The van der Waals surface area contributed by atoms with Gasteiger partial charge in [0.15, 0.2) is 0 Å². The van der Waals surface area contributed by atoms with Crippen molar-refractivity contribution in [3.63, 3.8) is 0 Å². The van der Waals surface area contributed by atoms with Crippen molar-refractivity contribution in [1.82, 2.24) is 15.1 Å². The van der Waals surface area contributed by atoms with E-state index in [2.05, 4.69) is 5.32 Å². The van der Waals surface area contributed by atoms with Gasteiger partial charge >= 0.3 is 0 Å². The second kappa shape index (κ2) is 9.07. The highest BCUT2D eigenvalue weighted by Crippen LogP contribution is 2.14. The van der Waals surface area contributed by atoms with Gasteiger partial charge in [0.1, 0.15) is 11.9 Å². The minimum Gasteiger partial charge on any atom is -0.341 e. The maximum Gasteiger partial charge on any atom is 0.254 e. The van der Waals surface area contributed by atoms with Gasteiger partial charge in [-0.05, 0) is 50.6 Å². The Morgan fingerprint density at radius 1 is 0.933 bits per heavy atom. The lowest BCUT2D eigenvalue weighted by atomic mass is 10.1. The Balaban J connectivity index is 1.54. The average molecular weight is 411 g/mol. The van der Waals surface area contributed by atoms with Crippen molar-refractivity contribution < 1.29 is 18.8 Å². The summed E-state index contributed by atoms with van der Waals surface area (Å²) < 4.78 is 13.8.